The zero-order valence-electron chi connectivity index (χ0n) is 14.6. The molecule has 5 rings (SSSR count). The van der Waals surface area contributed by atoms with Crippen LogP contribution in [0.5, 0.6) is 0 Å². The molecule has 138 valence electrons. The molecule has 0 atom stereocenters. The average molecular weight is 403 g/mol. The van der Waals surface area contributed by atoms with E-state index in [1.807, 2.05) is 16.5 Å². The Morgan fingerprint density at radius 3 is 2.81 bits per heavy atom. The number of aromatic nitrogens is 3. The van der Waals surface area contributed by atoms with Gasteiger partial charge in [0.2, 0.25) is 0 Å². The predicted octanol–water partition coefficient (Wildman–Crippen LogP) is 3.91. The van der Waals surface area contributed by atoms with Crippen LogP contribution >= 0.6 is 23.2 Å². The highest BCUT2D eigenvalue weighted by Gasteiger charge is 2.33. The lowest BCUT2D eigenvalue weighted by Crippen LogP contribution is -2.36. The quantitative estimate of drug-likeness (QED) is 0.618. The van der Waals surface area contributed by atoms with Crippen molar-refractivity contribution in [2.45, 2.75) is 32.9 Å². The SMILES string of the molecule is Cc1onc2c1CCn1nc3c(c1-2)CN(C(=O)c1ccc(Cl)c(Cl)c1)CC3. The summed E-state index contributed by atoms with van der Waals surface area (Å²) in [6.07, 6.45) is 1.58. The Balaban J connectivity index is 1.51. The van der Waals surface area contributed by atoms with E-state index in [1.54, 1.807) is 18.2 Å². The van der Waals surface area contributed by atoms with Gasteiger partial charge in [-0.05, 0) is 31.5 Å². The third-order valence-corrected chi connectivity index (χ3v) is 6.08. The second-order valence-electron chi connectivity index (χ2n) is 6.92. The van der Waals surface area contributed by atoms with E-state index in [1.165, 1.54) is 0 Å². The number of carbonyl (C=O) groups is 1. The summed E-state index contributed by atoms with van der Waals surface area (Å²) in [5.41, 5.74) is 5.61. The minimum atomic E-state index is -0.0634. The maximum absolute atomic E-state index is 13.0. The molecular formula is C19H16Cl2N4O2. The second kappa shape index (κ2) is 6.11. The maximum atomic E-state index is 13.0. The maximum Gasteiger partial charge on any atom is 0.254 e. The summed E-state index contributed by atoms with van der Waals surface area (Å²) < 4.78 is 7.41. The molecule has 6 nitrogen and oxygen atoms in total. The number of carbonyl (C=O) groups excluding carboxylic acids is 1. The van der Waals surface area contributed by atoms with Crippen LogP contribution in [0, 0.1) is 6.92 Å². The molecule has 0 aliphatic carbocycles. The highest BCUT2D eigenvalue weighted by atomic mass is 35.5. The number of aryl methyl sites for hydroxylation is 2. The van der Waals surface area contributed by atoms with Crippen LogP contribution in [0.1, 0.15) is 32.9 Å². The lowest BCUT2D eigenvalue weighted by atomic mass is 9.98. The first-order valence-corrected chi connectivity index (χ1v) is 9.57. The van der Waals surface area contributed by atoms with Gasteiger partial charge >= 0.3 is 0 Å². The summed E-state index contributed by atoms with van der Waals surface area (Å²) >= 11 is 12.0. The summed E-state index contributed by atoms with van der Waals surface area (Å²) in [5, 5.41) is 9.83. The van der Waals surface area contributed by atoms with Crippen molar-refractivity contribution in [2.24, 2.45) is 0 Å². The van der Waals surface area contributed by atoms with E-state index in [0.29, 0.717) is 35.1 Å². The van der Waals surface area contributed by atoms with E-state index < -0.39 is 0 Å². The second-order valence-corrected chi connectivity index (χ2v) is 7.73. The number of rotatable bonds is 1. The summed E-state index contributed by atoms with van der Waals surface area (Å²) in [6.45, 7) is 3.85. The van der Waals surface area contributed by atoms with Crippen LogP contribution in [-0.4, -0.2) is 32.3 Å². The van der Waals surface area contributed by atoms with Crippen molar-refractivity contribution in [3.8, 4) is 11.4 Å². The first kappa shape index (κ1) is 16.8. The Kier molecular flexibility index (Phi) is 3.81. The molecule has 0 saturated heterocycles. The third-order valence-electron chi connectivity index (χ3n) is 5.34. The van der Waals surface area contributed by atoms with E-state index in [0.717, 1.165) is 46.9 Å². The summed E-state index contributed by atoms with van der Waals surface area (Å²) in [4.78, 5) is 14.8. The lowest BCUT2D eigenvalue weighted by Gasteiger charge is -2.27. The number of hydrogen-bond acceptors (Lipinski definition) is 4. The molecule has 2 aromatic heterocycles. The first-order valence-electron chi connectivity index (χ1n) is 8.81. The van der Waals surface area contributed by atoms with E-state index in [9.17, 15) is 4.79 Å². The predicted molar refractivity (Wildman–Crippen MR) is 101 cm³/mol. The first-order chi connectivity index (χ1) is 13.0. The Morgan fingerprint density at radius 2 is 2.00 bits per heavy atom. The summed E-state index contributed by atoms with van der Waals surface area (Å²) in [6, 6.07) is 4.98. The molecule has 0 N–H and O–H groups in total. The topological polar surface area (TPSA) is 64.2 Å². The molecule has 0 radical (unpaired) electrons. The molecule has 2 aliphatic rings. The van der Waals surface area contributed by atoms with Gasteiger partial charge < -0.3 is 9.42 Å². The zero-order valence-corrected chi connectivity index (χ0v) is 16.1. The molecule has 0 unspecified atom stereocenters. The van der Waals surface area contributed by atoms with Crippen LogP contribution in [-0.2, 0) is 25.9 Å². The molecule has 0 saturated carbocycles. The molecule has 1 amide bonds. The Morgan fingerprint density at radius 1 is 1.15 bits per heavy atom. The van der Waals surface area contributed by atoms with Crippen molar-refractivity contribution in [1.82, 2.24) is 19.8 Å². The van der Waals surface area contributed by atoms with Gasteiger partial charge in [0, 0.05) is 36.2 Å². The van der Waals surface area contributed by atoms with Gasteiger partial charge in [0.25, 0.3) is 5.91 Å². The lowest BCUT2D eigenvalue weighted by molar-refractivity contribution is 0.0734. The minimum Gasteiger partial charge on any atom is -0.361 e. The average Bonchev–Trinajstić information content (AvgIpc) is 3.23. The number of nitrogens with zero attached hydrogens (tertiary/aromatic N) is 4. The third kappa shape index (κ3) is 2.58. The van der Waals surface area contributed by atoms with Crippen LogP contribution in [0.4, 0.5) is 0 Å². The van der Waals surface area contributed by atoms with Gasteiger partial charge in [0.15, 0.2) is 0 Å². The van der Waals surface area contributed by atoms with Gasteiger partial charge in [-0.2, -0.15) is 5.10 Å². The number of benzene rings is 1. The fourth-order valence-electron chi connectivity index (χ4n) is 3.93. The van der Waals surface area contributed by atoms with Crippen LogP contribution in [0.3, 0.4) is 0 Å². The van der Waals surface area contributed by atoms with Gasteiger partial charge in [-0.3, -0.25) is 9.48 Å². The summed E-state index contributed by atoms with van der Waals surface area (Å²) in [5.74, 6) is 0.789. The molecule has 3 aromatic rings. The summed E-state index contributed by atoms with van der Waals surface area (Å²) in [7, 11) is 0. The van der Waals surface area contributed by atoms with Crippen LogP contribution in [0.25, 0.3) is 11.4 Å². The molecule has 27 heavy (non-hydrogen) atoms. The van der Waals surface area contributed by atoms with Crippen molar-refractivity contribution < 1.29 is 9.32 Å². The standard InChI is InChI=1S/C19H16Cl2N4O2/c1-10-12-4-7-25-18(17(12)23-27-10)13-9-24(6-5-16(13)22-25)19(26)11-2-3-14(20)15(21)8-11/h2-3,8H,4-7,9H2,1H3. The molecule has 0 spiro atoms. The molecule has 4 heterocycles. The van der Waals surface area contributed by atoms with E-state index in [-0.39, 0.29) is 5.91 Å². The van der Waals surface area contributed by atoms with Crippen molar-refractivity contribution in [1.29, 1.82) is 0 Å². The number of amides is 1. The van der Waals surface area contributed by atoms with Crippen molar-refractivity contribution in [3.05, 3.63) is 56.4 Å². The van der Waals surface area contributed by atoms with Crippen molar-refractivity contribution in [3.63, 3.8) is 0 Å². The smallest absolute Gasteiger partial charge is 0.254 e. The largest absolute Gasteiger partial charge is 0.361 e. The monoisotopic (exact) mass is 402 g/mol. The van der Waals surface area contributed by atoms with Crippen LogP contribution < -0.4 is 0 Å². The van der Waals surface area contributed by atoms with E-state index in [4.69, 9.17) is 32.8 Å². The Labute approximate surface area is 165 Å². The van der Waals surface area contributed by atoms with Gasteiger partial charge in [0.05, 0.1) is 28.0 Å². The molecule has 1 aromatic carbocycles. The van der Waals surface area contributed by atoms with Crippen molar-refractivity contribution in [2.75, 3.05) is 6.54 Å². The molecule has 0 fully saturated rings. The molecule has 0 bridgehead atoms. The van der Waals surface area contributed by atoms with Gasteiger partial charge in [0.1, 0.15) is 11.5 Å². The number of fused-ring (bicyclic) bond motifs is 5. The molecular weight excluding hydrogens is 387 g/mol. The van der Waals surface area contributed by atoms with E-state index >= 15 is 0 Å². The molecule has 8 heteroatoms. The normalized spacial score (nSPS) is 15.3. The number of halogens is 2. The highest BCUT2D eigenvalue weighted by molar-refractivity contribution is 6.42. The highest BCUT2D eigenvalue weighted by Crippen LogP contribution is 2.36. The van der Waals surface area contributed by atoms with E-state index in [2.05, 4.69) is 5.16 Å². The zero-order chi connectivity index (χ0) is 18.7. The fourth-order valence-corrected chi connectivity index (χ4v) is 4.23. The van der Waals surface area contributed by atoms with Gasteiger partial charge in [-0.25, -0.2) is 0 Å². The fraction of sp³-hybridized carbons (Fsp3) is 0.316. The Hall–Kier alpha value is -2.31. The van der Waals surface area contributed by atoms with Crippen LogP contribution in [0.2, 0.25) is 10.0 Å². The van der Waals surface area contributed by atoms with Crippen molar-refractivity contribution >= 4 is 29.1 Å². The Bertz CT molecular complexity index is 1090. The molecule has 2 aliphatic heterocycles. The van der Waals surface area contributed by atoms with Gasteiger partial charge in [-0.1, -0.05) is 28.4 Å². The number of hydrogen-bond donors (Lipinski definition) is 0. The van der Waals surface area contributed by atoms with Gasteiger partial charge in [-0.15, -0.1) is 0 Å². The minimum absolute atomic E-state index is 0.0634. The van der Waals surface area contributed by atoms with Crippen LogP contribution in [0.15, 0.2) is 22.7 Å².